The van der Waals surface area contributed by atoms with Crippen LogP contribution in [-0.4, -0.2) is 20.2 Å². The highest BCUT2D eigenvalue weighted by atomic mass is 16.5. The minimum absolute atomic E-state index is 0.293. The number of carbonyl (C=O) groups excluding carboxylic acids is 1. The maximum absolute atomic E-state index is 11.5. The highest BCUT2D eigenvalue weighted by Crippen LogP contribution is 2.37. The Hall–Kier alpha value is -1.71. The Bertz CT molecular complexity index is 423. The molecule has 0 aliphatic carbocycles. The first-order valence-corrected chi connectivity index (χ1v) is 4.60. The zero-order chi connectivity index (χ0) is 11.0. The Kier molecular flexibility index (Phi) is 2.26. The lowest BCUT2D eigenvalue weighted by atomic mass is 10.0. The number of cyclic esters (lactones) is 1. The Morgan fingerprint density at radius 3 is 2.67 bits per heavy atom. The van der Waals surface area contributed by atoms with E-state index in [1.54, 1.807) is 7.11 Å². The lowest BCUT2D eigenvalue weighted by molar-refractivity contribution is 0.0533. The monoisotopic (exact) mass is 208 g/mol. The SMILES string of the molecule is COc1cc2c(c(OC)c1C)C(=O)OC2. The minimum Gasteiger partial charge on any atom is -0.496 e. The van der Waals surface area contributed by atoms with Gasteiger partial charge in [0.2, 0.25) is 0 Å². The van der Waals surface area contributed by atoms with E-state index < -0.39 is 0 Å². The molecule has 1 aromatic rings. The second-order valence-electron chi connectivity index (χ2n) is 3.35. The van der Waals surface area contributed by atoms with E-state index in [4.69, 9.17) is 14.2 Å². The minimum atomic E-state index is -0.326. The molecule has 0 radical (unpaired) electrons. The molecule has 0 amide bonds. The molecule has 0 aromatic heterocycles. The molecule has 0 atom stereocenters. The van der Waals surface area contributed by atoms with Crippen LogP contribution in [0.4, 0.5) is 0 Å². The maximum atomic E-state index is 11.5. The van der Waals surface area contributed by atoms with Crippen LogP contribution in [0.1, 0.15) is 21.5 Å². The fraction of sp³-hybridized carbons (Fsp3) is 0.364. The molecule has 0 N–H and O–H groups in total. The van der Waals surface area contributed by atoms with E-state index in [1.165, 1.54) is 7.11 Å². The van der Waals surface area contributed by atoms with Crippen molar-refractivity contribution in [3.05, 3.63) is 22.8 Å². The maximum Gasteiger partial charge on any atom is 0.342 e. The molecule has 0 fully saturated rings. The van der Waals surface area contributed by atoms with Crippen molar-refractivity contribution in [1.29, 1.82) is 0 Å². The van der Waals surface area contributed by atoms with Crippen LogP contribution in [0.2, 0.25) is 0 Å². The largest absolute Gasteiger partial charge is 0.496 e. The summed E-state index contributed by atoms with van der Waals surface area (Å²) in [5.74, 6) is 0.934. The van der Waals surface area contributed by atoms with Gasteiger partial charge in [0.05, 0.1) is 14.2 Å². The van der Waals surface area contributed by atoms with Gasteiger partial charge in [0.15, 0.2) is 0 Å². The van der Waals surface area contributed by atoms with Crippen molar-refractivity contribution >= 4 is 5.97 Å². The van der Waals surface area contributed by atoms with Crippen molar-refractivity contribution in [2.45, 2.75) is 13.5 Å². The van der Waals surface area contributed by atoms with Crippen LogP contribution in [0.5, 0.6) is 11.5 Å². The summed E-state index contributed by atoms with van der Waals surface area (Å²) in [7, 11) is 3.12. The van der Waals surface area contributed by atoms with Crippen molar-refractivity contribution in [2.24, 2.45) is 0 Å². The molecule has 80 valence electrons. The van der Waals surface area contributed by atoms with Crippen LogP contribution in [-0.2, 0) is 11.3 Å². The summed E-state index contributed by atoms with van der Waals surface area (Å²) < 4.78 is 15.4. The van der Waals surface area contributed by atoms with E-state index in [1.807, 2.05) is 13.0 Å². The number of benzene rings is 1. The molecule has 1 aliphatic rings. The number of hydrogen-bond donors (Lipinski definition) is 0. The van der Waals surface area contributed by atoms with Crippen LogP contribution in [0, 0.1) is 6.92 Å². The second-order valence-corrected chi connectivity index (χ2v) is 3.35. The molecular weight excluding hydrogens is 196 g/mol. The number of carbonyl (C=O) groups is 1. The summed E-state index contributed by atoms with van der Waals surface area (Å²) >= 11 is 0. The van der Waals surface area contributed by atoms with Crippen LogP contribution < -0.4 is 9.47 Å². The van der Waals surface area contributed by atoms with Gasteiger partial charge in [-0.25, -0.2) is 4.79 Å². The number of ether oxygens (including phenoxy) is 3. The zero-order valence-electron chi connectivity index (χ0n) is 8.92. The predicted octanol–water partition coefficient (Wildman–Crippen LogP) is 1.68. The van der Waals surface area contributed by atoms with Crippen LogP contribution in [0.15, 0.2) is 6.07 Å². The average Bonchev–Trinajstić information content (AvgIpc) is 2.60. The van der Waals surface area contributed by atoms with E-state index in [9.17, 15) is 4.79 Å². The fourth-order valence-corrected chi connectivity index (χ4v) is 1.80. The molecule has 0 bridgehead atoms. The quantitative estimate of drug-likeness (QED) is 0.694. The number of rotatable bonds is 2. The van der Waals surface area contributed by atoms with Crippen molar-refractivity contribution < 1.29 is 19.0 Å². The van der Waals surface area contributed by atoms with E-state index >= 15 is 0 Å². The van der Waals surface area contributed by atoms with Gasteiger partial charge in [-0.2, -0.15) is 0 Å². The summed E-state index contributed by atoms with van der Waals surface area (Å²) in [4.78, 5) is 11.5. The smallest absolute Gasteiger partial charge is 0.342 e. The van der Waals surface area contributed by atoms with E-state index in [0.717, 1.165) is 11.1 Å². The first-order valence-electron chi connectivity index (χ1n) is 4.60. The summed E-state index contributed by atoms with van der Waals surface area (Å²) in [6.07, 6.45) is 0. The number of esters is 1. The van der Waals surface area contributed by atoms with Gasteiger partial charge in [0.1, 0.15) is 23.7 Å². The summed E-state index contributed by atoms with van der Waals surface area (Å²) in [5, 5.41) is 0. The van der Waals surface area contributed by atoms with Gasteiger partial charge in [0, 0.05) is 11.1 Å². The summed E-state index contributed by atoms with van der Waals surface area (Å²) in [5.41, 5.74) is 2.16. The summed E-state index contributed by atoms with van der Waals surface area (Å²) in [6.45, 7) is 2.14. The van der Waals surface area contributed by atoms with Gasteiger partial charge in [-0.15, -0.1) is 0 Å². The van der Waals surface area contributed by atoms with Crippen LogP contribution in [0.25, 0.3) is 0 Å². The molecule has 0 unspecified atom stereocenters. The van der Waals surface area contributed by atoms with Crippen LogP contribution >= 0.6 is 0 Å². The lowest BCUT2D eigenvalue weighted by Gasteiger charge is -2.12. The molecule has 1 aromatic carbocycles. The number of methoxy groups -OCH3 is 2. The second kappa shape index (κ2) is 3.46. The molecule has 0 saturated heterocycles. The summed E-state index contributed by atoms with van der Waals surface area (Å²) in [6, 6.07) is 1.82. The molecule has 1 aliphatic heterocycles. The third kappa shape index (κ3) is 1.33. The van der Waals surface area contributed by atoms with Crippen molar-refractivity contribution in [3.8, 4) is 11.5 Å². The molecule has 0 spiro atoms. The molecule has 4 heteroatoms. The first-order chi connectivity index (χ1) is 7.19. The van der Waals surface area contributed by atoms with Crippen molar-refractivity contribution in [1.82, 2.24) is 0 Å². The van der Waals surface area contributed by atoms with Gasteiger partial charge in [-0.1, -0.05) is 0 Å². The molecule has 4 nitrogen and oxygen atoms in total. The Balaban J connectivity index is 2.69. The normalized spacial score (nSPS) is 13.4. The number of hydrogen-bond acceptors (Lipinski definition) is 4. The molecule has 1 heterocycles. The van der Waals surface area contributed by atoms with Gasteiger partial charge in [0.25, 0.3) is 0 Å². The Labute approximate surface area is 87.8 Å². The van der Waals surface area contributed by atoms with Gasteiger partial charge in [-0.05, 0) is 13.0 Å². The van der Waals surface area contributed by atoms with Gasteiger partial charge in [-0.3, -0.25) is 0 Å². The van der Waals surface area contributed by atoms with Gasteiger partial charge >= 0.3 is 5.97 Å². The first kappa shape index (κ1) is 9.83. The van der Waals surface area contributed by atoms with Crippen molar-refractivity contribution in [2.75, 3.05) is 14.2 Å². The molecule has 2 rings (SSSR count). The average molecular weight is 208 g/mol. The lowest BCUT2D eigenvalue weighted by Crippen LogP contribution is -2.02. The molecule has 15 heavy (non-hydrogen) atoms. The van der Waals surface area contributed by atoms with E-state index in [0.29, 0.717) is 23.7 Å². The standard InChI is InChI=1S/C11H12O4/c1-6-8(13-2)4-7-5-15-11(12)9(7)10(6)14-3/h4H,5H2,1-3H3. The third-order valence-corrected chi connectivity index (χ3v) is 2.55. The third-order valence-electron chi connectivity index (χ3n) is 2.55. The number of fused-ring (bicyclic) bond motifs is 1. The zero-order valence-corrected chi connectivity index (χ0v) is 8.92. The van der Waals surface area contributed by atoms with Crippen molar-refractivity contribution in [3.63, 3.8) is 0 Å². The fourth-order valence-electron chi connectivity index (χ4n) is 1.80. The Morgan fingerprint density at radius 2 is 2.07 bits per heavy atom. The predicted molar refractivity (Wildman–Crippen MR) is 53.4 cm³/mol. The highest BCUT2D eigenvalue weighted by Gasteiger charge is 2.28. The molecular formula is C11H12O4. The van der Waals surface area contributed by atoms with E-state index in [-0.39, 0.29) is 5.97 Å². The van der Waals surface area contributed by atoms with Gasteiger partial charge < -0.3 is 14.2 Å². The van der Waals surface area contributed by atoms with Crippen LogP contribution in [0.3, 0.4) is 0 Å². The highest BCUT2D eigenvalue weighted by molar-refractivity contribution is 5.97. The molecule has 0 saturated carbocycles. The Morgan fingerprint density at radius 1 is 1.33 bits per heavy atom. The van der Waals surface area contributed by atoms with E-state index in [2.05, 4.69) is 0 Å². The topological polar surface area (TPSA) is 44.8 Å².